The Morgan fingerprint density at radius 3 is 2.45 bits per heavy atom. The molecule has 0 aliphatic heterocycles. The van der Waals surface area contributed by atoms with Crippen LogP contribution in [0.3, 0.4) is 0 Å². The molecule has 0 spiro atoms. The lowest BCUT2D eigenvalue weighted by Crippen LogP contribution is -2.43. The molecule has 0 radical (unpaired) electrons. The molecule has 0 bridgehead atoms. The summed E-state index contributed by atoms with van der Waals surface area (Å²) in [4.78, 5) is 28.8. The first kappa shape index (κ1) is 25.8. The van der Waals surface area contributed by atoms with E-state index in [9.17, 15) is 23.5 Å². The van der Waals surface area contributed by atoms with Gasteiger partial charge in [0.2, 0.25) is 0 Å². The van der Waals surface area contributed by atoms with Crippen LogP contribution in [0.4, 0.5) is 8.78 Å². The normalized spacial score (nSPS) is 13.7. The van der Waals surface area contributed by atoms with E-state index in [2.05, 4.69) is 10.3 Å². The molecule has 0 saturated carbocycles. The van der Waals surface area contributed by atoms with E-state index in [4.69, 9.17) is 14.2 Å². The Balaban J connectivity index is 2.07. The smallest absolute Gasteiger partial charge is 0.328 e. The molecule has 1 aromatic heterocycles. The molecule has 0 aliphatic rings. The molecule has 2 rings (SSSR count). The summed E-state index contributed by atoms with van der Waals surface area (Å²) in [6, 6.07) is 3.13. The number of carbonyl (C=O) groups excluding carboxylic acids is 2. The van der Waals surface area contributed by atoms with Crippen molar-refractivity contribution < 1.29 is 37.7 Å². The van der Waals surface area contributed by atoms with Crippen molar-refractivity contribution in [3.63, 3.8) is 0 Å². The summed E-state index contributed by atoms with van der Waals surface area (Å²) in [7, 11) is 1.32. The highest BCUT2D eigenvalue weighted by molar-refractivity contribution is 5.97. The summed E-state index contributed by atoms with van der Waals surface area (Å²) in [6.45, 7) is 6.77. The summed E-state index contributed by atoms with van der Waals surface area (Å²) in [6.07, 6.45) is 0.0625. The molecule has 2 N–H and O–H groups in total. The van der Waals surface area contributed by atoms with Crippen LogP contribution in [0.25, 0.3) is 0 Å². The van der Waals surface area contributed by atoms with E-state index in [1.54, 1.807) is 6.92 Å². The number of aromatic hydroxyl groups is 1. The highest BCUT2D eigenvalue weighted by Crippen LogP contribution is 2.27. The molecule has 0 unspecified atom stereocenters. The molecule has 10 heteroatoms. The molecule has 2 aromatic rings. The number of benzene rings is 1. The predicted octanol–water partition coefficient (Wildman–Crippen LogP) is 3.62. The number of pyridine rings is 1. The van der Waals surface area contributed by atoms with Gasteiger partial charge in [0.25, 0.3) is 5.91 Å². The van der Waals surface area contributed by atoms with Crippen LogP contribution in [0.15, 0.2) is 30.5 Å². The molecule has 1 amide bonds. The first-order valence-electron chi connectivity index (χ1n) is 10.4. The number of amides is 1. The van der Waals surface area contributed by atoms with Gasteiger partial charge in [0, 0.05) is 18.3 Å². The summed E-state index contributed by atoms with van der Waals surface area (Å²) in [5, 5.41) is 12.5. The number of aromatic nitrogens is 1. The molecular weight excluding hydrogens is 438 g/mol. The number of nitrogens with zero attached hydrogens (tertiary/aromatic N) is 1. The number of carbonyl (C=O) groups is 2. The van der Waals surface area contributed by atoms with Crippen molar-refractivity contribution in [2.75, 3.05) is 7.11 Å². The van der Waals surface area contributed by atoms with Crippen LogP contribution >= 0.6 is 0 Å². The van der Waals surface area contributed by atoms with Crippen molar-refractivity contribution in [3.8, 4) is 17.2 Å². The van der Waals surface area contributed by atoms with Crippen LogP contribution in [0, 0.1) is 17.6 Å². The fraction of sp³-hybridized carbons (Fsp3) is 0.435. The average Bonchev–Trinajstić information content (AvgIpc) is 2.75. The van der Waals surface area contributed by atoms with Gasteiger partial charge in [0.15, 0.2) is 28.8 Å². The van der Waals surface area contributed by atoms with Crippen LogP contribution in [-0.4, -0.2) is 47.3 Å². The predicted molar refractivity (Wildman–Crippen MR) is 115 cm³/mol. The van der Waals surface area contributed by atoms with Crippen molar-refractivity contribution >= 4 is 11.9 Å². The van der Waals surface area contributed by atoms with E-state index in [1.807, 2.05) is 13.8 Å². The lowest BCUT2D eigenvalue weighted by molar-refractivity contribution is -0.155. The van der Waals surface area contributed by atoms with Crippen LogP contribution in [0.5, 0.6) is 17.2 Å². The molecular formula is C23H28F2N2O6. The number of methoxy groups -OCH3 is 1. The monoisotopic (exact) mass is 466 g/mol. The minimum Gasteiger partial charge on any atom is -0.503 e. The molecule has 1 heterocycles. The van der Waals surface area contributed by atoms with Gasteiger partial charge in [-0.1, -0.05) is 13.8 Å². The topological polar surface area (TPSA) is 107 Å². The van der Waals surface area contributed by atoms with Crippen molar-refractivity contribution in [3.05, 3.63) is 47.8 Å². The van der Waals surface area contributed by atoms with Crippen LogP contribution < -0.4 is 14.8 Å². The number of esters is 1. The zero-order chi connectivity index (χ0) is 24.7. The molecule has 1 aromatic carbocycles. The van der Waals surface area contributed by atoms with Crippen LogP contribution in [0.2, 0.25) is 0 Å². The minimum atomic E-state index is -1.10. The fourth-order valence-electron chi connectivity index (χ4n) is 2.98. The van der Waals surface area contributed by atoms with E-state index >= 15 is 0 Å². The lowest BCUT2D eigenvalue weighted by Gasteiger charge is -2.27. The Morgan fingerprint density at radius 1 is 1.12 bits per heavy atom. The molecule has 180 valence electrons. The molecule has 3 atom stereocenters. The van der Waals surface area contributed by atoms with Crippen LogP contribution in [-0.2, 0) is 9.53 Å². The van der Waals surface area contributed by atoms with Crippen molar-refractivity contribution in [1.82, 2.24) is 10.3 Å². The number of ether oxygens (including phenoxy) is 3. The third kappa shape index (κ3) is 7.03. The van der Waals surface area contributed by atoms with Gasteiger partial charge in [0.1, 0.15) is 24.1 Å². The third-order valence-electron chi connectivity index (χ3n) is 4.72. The molecule has 33 heavy (non-hydrogen) atoms. The van der Waals surface area contributed by atoms with Gasteiger partial charge in [0.05, 0.1) is 7.11 Å². The maximum atomic E-state index is 14.0. The Kier molecular flexibility index (Phi) is 8.95. The Labute approximate surface area is 190 Å². The number of nitrogens with one attached hydrogen (secondary N) is 1. The second-order valence-corrected chi connectivity index (χ2v) is 7.91. The third-order valence-corrected chi connectivity index (χ3v) is 4.72. The number of rotatable bonds is 10. The zero-order valence-electron chi connectivity index (χ0n) is 19.1. The van der Waals surface area contributed by atoms with E-state index in [0.717, 1.165) is 18.2 Å². The second kappa shape index (κ2) is 11.4. The molecule has 0 aliphatic carbocycles. The van der Waals surface area contributed by atoms with Crippen molar-refractivity contribution in [2.24, 2.45) is 5.92 Å². The quantitative estimate of drug-likeness (QED) is 0.515. The molecule has 0 fully saturated rings. The zero-order valence-corrected chi connectivity index (χ0v) is 19.1. The van der Waals surface area contributed by atoms with Gasteiger partial charge < -0.3 is 24.6 Å². The first-order chi connectivity index (χ1) is 15.5. The van der Waals surface area contributed by atoms with E-state index < -0.39 is 47.5 Å². The molecule has 8 nitrogen and oxygen atoms in total. The number of hydrogen-bond donors (Lipinski definition) is 2. The van der Waals surface area contributed by atoms with Crippen molar-refractivity contribution in [2.45, 2.75) is 52.4 Å². The largest absolute Gasteiger partial charge is 0.503 e. The Bertz CT molecular complexity index is 985. The van der Waals surface area contributed by atoms with E-state index in [0.29, 0.717) is 6.42 Å². The SMILES string of the molecule is COc1ccnc(C(=O)N[C@@H](C)C(=O)O[C@@H](C)[C@@H](CC(C)C)Oc2cc(F)ccc2F)c1O. The standard InChI is InChI=1S/C23H28F2N2O6/c1-12(2)10-18(33-19-11-15(24)6-7-16(19)25)14(4)32-23(30)13(3)27-22(29)20-21(28)17(31-5)8-9-26-20/h6-9,11-14,18,28H,10H2,1-5H3,(H,27,29)/t13-,14-,18+/m0/s1. The number of halogens is 2. The van der Waals surface area contributed by atoms with Gasteiger partial charge in [-0.15, -0.1) is 0 Å². The Hall–Kier alpha value is -3.43. The highest BCUT2D eigenvalue weighted by Gasteiger charge is 2.29. The van der Waals surface area contributed by atoms with Gasteiger partial charge in [-0.3, -0.25) is 4.79 Å². The lowest BCUT2D eigenvalue weighted by atomic mass is 10.0. The second-order valence-electron chi connectivity index (χ2n) is 7.91. The van der Waals surface area contributed by atoms with Crippen LogP contribution in [0.1, 0.15) is 44.6 Å². The summed E-state index contributed by atoms with van der Waals surface area (Å²) in [5.41, 5.74) is -0.315. The van der Waals surface area contributed by atoms with Gasteiger partial charge in [-0.2, -0.15) is 0 Å². The maximum Gasteiger partial charge on any atom is 0.328 e. The van der Waals surface area contributed by atoms with Crippen molar-refractivity contribution in [1.29, 1.82) is 0 Å². The summed E-state index contributed by atoms with van der Waals surface area (Å²) < 4.78 is 43.5. The first-order valence-corrected chi connectivity index (χ1v) is 10.4. The van der Waals surface area contributed by atoms with E-state index in [1.165, 1.54) is 26.3 Å². The van der Waals surface area contributed by atoms with E-state index in [-0.39, 0.29) is 23.1 Å². The molecule has 0 saturated heterocycles. The summed E-state index contributed by atoms with van der Waals surface area (Å²) in [5.74, 6) is -3.58. The van der Waals surface area contributed by atoms with Gasteiger partial charge >= 0.3 is 5.97 Å². The maximum absolute atomic E-state index is 14.0. The summed E-state index contributed by atoms with van der Waals surface area (Å²) >= 11 is 0. The van der Waals surface area contributed by atoms with Gasteiger partial charge in [-0.25, -0.2) is 18.6 Å². The minimum absolute atomic E-state index is 0.0530. The number of hydrogen-bond acceptors (Lipinski definition) is 7. The fourth-order valence-corrected chi connectivity index (χ4v) is 2.98. The van der Waals surface area contributed by atoms with Gasteiger partial charge in [-0.05, 0) is 38.3 Å². The highest BCUT2D eigenvalue weighted by atomic mass is 19.1. The Morgan fingerprint density at radius 2 is 1.82 bits per heavy atom. The average molecular weight is 466 g/mol.